The van der Waals surface area contributed by atoms with Gasteiger partial charge in [0.2, 0.25) is 0 Å². The summed E-state index contributed by atoms with van der Waals surface area (Å²) in [5, 5.41) is 0. The van der Waals surface area contributed by atoms with Crippen molar-refractivity contribution in [3.8, 4) is 5.75 Å². The Labute approximate surface area is 127 Å². The molecule has 0 aliphatic heterocycles. The summed E-state index contributed by atoms with van der Waals surface area (Å²) in [6, 6.07) is 8.13. The molecule has 0 spiro atoms. The summed E-state index contributed by atoms with van der Waals surface area (Å²) < 4.78 is 10.8. The molecular formula is C17H25NO3. The molecule has 1 aliphatic carbocycles. The van der Waals surface area contributed by atoms with E-state index in [4.69, 9.17) is 9.47 Å². The first-order valence-electron chi connectivity index (χ1n) is 7.51. The Bertz CT molecular complexity index is 489. The van der Waals surface area contributed by atoms with Crippen LogP contribution in [0.1, 0.15) is 45.6 Å². The predicted octanol–water partition coefficient (Wildman–Crippen LogP) is 3.98. The Morgan fingerprint density at radius 1 is 1.33 bits per heavy atom. The number of hydrogen-bond donors (Lipinski definition) is 0. The van der Waals surface area contributed by atoms with Gasteiger partial charge in [0.1, 0.15) is 11.4 Å². The van der Waals surface area contributed by atoms with Crippen LogP contribution in [0, 0.1) is 0 Å². The lowest BCUT2D eigenvalue weighted by Crippen LogP contribution is -2.46. The van der Waals surface area contributed by atoms with E-state index in [1.165, 1.54) is 6.42 Å². The van der Waals surface area contributed by atoms with Gasteiger partial charge in [0, 0.05) is 12.6 Å². The fourth-order valence-corrected chi connectivity index (χ4v) is 2.33. The van der Waals surface area contributed by atoms with Gasteiger partial charge in [-0.1, -0.05) is 12.1 Å². The smallest absolute Gasteiger partial charge is 0.410 e. The van der Waals surface area contributed by atoms with Gasteiger partial charge in [-0.25, -0.2) is 4.79 Å². The quantitative estimate of drug-likeness (QED) is 0.842. The highest BCUT2D eigenvalue weighted by atomic mass is 16.6. The highest BCUT2D eigenvalue weighted by Gasteiger charge is 2.32. The maximum Gasteiger partial charge on any atom is 0.410 e. The van der Waals surface area contributed by atoms with Crippen LogP contribution in [0.2, 0.25) is 0 Å². The number of ether oxygens (including phenoxy) is 2. The van der Waals surface area contributed by atoms with E-state index in [0.717, 1.165) is 24.2 Å². The summed E-state index contributed by atoms with van der Waals surface area (Å²) in [7, 11) is 1.65. The van der Waals surface area contributed by atoms with Crippen LogP contribution in [0.5, 0.6) is 5.75 Å². The maximum atomic E-state index is 12.4. The lowest BCUT2D eigenvalue weighted by molar-refractivity contribution is 0.00459. The highest BCUT2D eigenvalue weighted by molar-refractivity contribution is 5.68. The average Bonchev–Trinajstić information content (AvgIpc) is 2.34. The van der Waals surface area contributed by atoms with Crippen molar-refractivity contribution >= 4 is 6.09 Å². The lowest BCUT2D eigenvalue weighted by Gasteiger charge is -2.38. The van der Waals surface area contributed by atoms with Crippen LogP contribution in [-0.4, -0.2) is 29.7 Å². The zero-order valence-electron chi connectivity index (χ0n) is 13.4. The van der Waals surface area contributed by atoms with E-state index in [1.54, 1.807) is 7.11 Å². The molecule has 116 valence electrons. The fraction of sp³-hybridized carbons (Fsp3) is 0.588. The Hall–Kier alpha value is -1.71. The second kappa shape index (κ2) is 6.37. The van der Waals surface area contributed by atoms with Crippen LogP contribution in [0.4, 0.5) is 4.79 Å². The minimum absolute atomic E-state index is 0.227. The van der Waals surface area contributed by atoms with E-state index >= 15 is 0 Å². The Kier molecular flexibility index (Phi) is 4.76. The molecule has 1 amide bonds. The van der Waals surface area contributed by atoms with Gasteiger partial charge < -0.3 is 14.4 Å². The zero-order valence-corrected chi connectivity index (χ0v) is 13.4. The molecule has 0 aromatic heterocycles. The average molecular weight is 291 g/mol. The van der Waals surface area contributed by atoms with Crippen molar-refractivity contribution in [3.05, 3.63) is 29.8 Å². The minimum atomic E-state index is -0.465. The monoisotopic (exact) mass is 291 g/mol. The van der Waals surface area contributed by atoms with Gasteiger partial charge in [0.05, 0.1) is 7.11 Å². The van der Waals surface area contributed by atoms with Gasteiger partial charge in [-0.15, -0.1) is 0 Å². The molecule has 0 radical (unpaired) electrons. The number of hydrogen-bond acceptors (Lipinski definition) is 3. The van der Waals surface area contributed by atoms with Crippen molar-refractivity contribution in [3.63, 3.8) is 0 Å². The molecule has 1 saturated carbocycles. The zero-order chi connectivity index (χ0) is 15.5. The van der Waals surface area contributed by atoms with Crippen LogP contribution < -0.4 is 4.74 Å². The van der Waals surface area contributed by atoms with Crippen molar-refractivity contribution in [1.82, 2.24) is 4.90 Å². The predicted molar refractivity (Wildman–Crippen MR) is 82.4 cm³/mol. The standard InChI is InChI=1S/C17H25NO3/c1-17(2,3)21-16(19)18(14-8-6-9-14)12-13-7-5-10-15(11-13)20-4/h5,7,10-11,14H,6,8-9,12H2,1-4H3. The third kappa shape index (κ3) is 4.38. The van der Waals surface area contributed by atoms with Crippen LogP contribution in [0.3, 0.4) is 0 Å². The van der Waals surface area contributed by atoms with E-state index < -0.39 is 5.60 Å². The lowest BCUT2D eigenvalue weighted by atomic mass is 9.91. The summed E-state index contributed by atoms with van der Waals surface area (Å²) >= 11 is 0. The Balaban J connectivity index is 2.10. The Morgan fingerprint density at radius 3 is 2.57 bits per heavy atom. The molecular weight excluding hydrogens is 266 g/mol. The number of methoxy groups -OCH3 is 1. The fourth-order valence-electron chi connectivity index (χ4n) is 2.33. The highest BCUT2D eigenvalue weighted by Crippen LogP contribution is 2.28. The SMILES string of the molecule is COc1cccc(CN(C(=O)OC(C)(C)C)C2CCC2)c1. The van der Waals surface area contributed by atoms with Crippen LogP contribution >= 0.6 is 0 Å². The van der Waals surface area contributed by atoms with E-state index in [-0.39, 0.29) is 6.09 Å². The van der Waals surface area contributed by atoms with Crippen LogP contribution in [0.25, 0.3) is 0 Å². The van der Waals surface area contributed by atoms with Crippen molar-refractivity contribution < 1.29 is 14.3 Å². The minimum Gasteiger partial charge on any atom is -0.497 e. The van der Waals surface area contributed by atoms with E-state index in [2.05, 4.69) is 0 Å². The first-order valence-corrected chi connectivity index (χ1v) is 7.51. The molecule has 21 heavy (non-hydrogen) atoms. The number of carbonyl (C=O) groups excluding carboxylic acids is 1. The molecule has 1 aromatic rings. The molecule has 0 atom stereocenters. The molecule has 1 aromatic carbocycles. The summed E-state index contributed by atoms with van der Waals surface area (Å²) in [5.41, 5.74) is 0.597. The van der Waals surface area contributed by atoms with Crippen LogP contribution in [0.15, 0.2) is 24.3 Å². The first kappa shape index (κ1) is 15.7. The number of nitrogens with zero attached hydrogens (tertiary/aromatic N) is 1. The largest absolute Gasteiger partial charge is 0.497 e. The second-order valence-electron chi connectivity index (χ2n) is 6.54. The molecule has 2 rings (SSSR count). The first-order chi connectivity index (χ1) is 9.89. The topological polar surface area (TPSA) is 38.8 Å². The van der Waals surface area contributed by atoms with Crippen molar-refractivity contribution in [2.24, 2.45) is 0 Å². The molecule has 0 unspecified atom stereocenters. The molecule has 4 heteroatoms. The molecule has 4 nitrogen and oxygen atoms in total. The maximum absolute atomic E-state index is 12.4. The van der Waals surface area contributed by atoms with Crippen LogP contribution in [-0.2, 0) is 11.3 Å². The second-order valence-corrected chi connectivity index (χ2v) is 6.54. The van der Waals surface area contributed by atoms with E-state index in [1.807, 2.05) is 49.9 Å². The third-order valence-electron chi connectivity index (χ3n) is 3.63. The van der Waals surface area contributed by atoms with Crippen molar-refractivity contribution in [2.75, 3.05) is 7.11 Å². The summed E-state index contributed by atoms with van der Waals surface area (Å²) in [4.78, 5) is 14.3. The number of carbonyl (C=O) groups is 1. The Morgan fingerprint density at radius 2 is 2.05 bits per heavy atom. The summed E-state index contributed by atoms with van der Waals surface area (Å²) in [6.07, 6.45) is 3.07. The van der Waals surface area contributed by atoms with Gasteiger partial charge in [-0.05, 0) is 57.7 Å². The number of amides is 1. The number of rotatable bonds is 4. The van der Waals surface area contributed by atoms with Gasteiger partial charge in [-0.2, -0.15) is 0 Å². The summed E-state index contributed by atoms with van der Waals surface area (Å²) in [5.74, 6) is 0.810. The molecule has 0 bridgehead atoms. The van der Waals surface area contributed by atoms with E-state index in [0.29, 0.717) is 12.6 Å². The van der Waals surface area contributed by atoms with Gasteiger partial charge in [0.15, 0.2) is 0 Å². The molecule has 1 aliphatic rings. The van der Waals surface area contributed by atoms with E-state index in [9.17, 15) is 4.79 Å². The molecule has 1 fully saturated rings. The normalized spacial score (nSPS) is 15.2. The van der Waals surface area contributed by atoms with Crippen molar-refractivity contribution in [1.29, 1.82) is 0 Å². The third-order valence-corrected chi connectivity index (χ3v) is 3.63. The molecule has 0 N–H and O–H groups in total. The molecule has 0 heterocycles. The van der Waals surface area contributed by atoms with Gasteiger partial charge in [0.25, 0.3) is 0 Å². The molecule has 0 saturated heterocycles. The number of benzene rings is 1. The van der Waals surface area contributed by atoms with Crippen molar-refractivity contribution in [2.45, 2.75) is 58.2 Å². The summed E-state index contributed by atoms with van der Waals surface area (Å²) in [6.45, 7) is 6.26. The van der Waals surface area contributed by atoms with Gasteiger partial charge in [-0.3, -0.25) is 0 Å². The van der Waals surface area contributed by atoms with Gasteiger partial charge >= 0.3 is 6.09 Å².